The van der Waals surface area contributed by atoms with Crippen molar-refractivity contribution in [1.82, 2.24) is 15.2 Å². The molecule has 0 radical (unpaired) electrons. The first-order chi connectivity index (χ1) is 10.3. The summed E-state index contributed by atoms with van der Waals surface area (Å²) in [7, 11) is 0. The van der Waals surface area contributed by atoms with Gasteiger partial charge >= 0.3 is 6.18 Å². The number of carbonyl (C=O) groups is 1. The van der Waals surface area contributed by atoms with Crippen molar-refractivity contribution < 1.29 is 22.4 Å². The molecule has 1 aliphatic carbocycles. The zero-order chi connectivity index (χ0) is 16.0. The van der Waals surface area contributed by atoms with Gasteiger partial charge in [0.1, 0.15) is 5.82 Å². The van der Waals surface area contributed by atoms with Gasteiger partial charge in [-0.25, -0.2) is 4.39 Å². The SMILES string of the molecule is O=C(Nc1n[nH]c(C(F)(F)F)n1)C1(c2ccc(F)cc2)CC1. The Bertz CT molecular complexity index is 704. The number of hydrogen-bond donors (Lipinski definition) is 2. The van der Waals surface area contributed by atoms with Gasteiger partial charge < -0.3 is 0 Å². The number of anilines is 1. The summed E-state index contributed by atoms with van der Waals surface area (Å²) in [6, 6.07) is 5.44. The summed E-state index contributed by atoms with van der Waals surface area (Å²) in [5.41, 5.74) is -0.245. The molecule has 22 heavy (non-hydrogen) atoms. The number of aromatic amines is 1. The minimum atomic E-state index is -4.66. The van der Waals surface area contributed by atoms with Crippen molar-refractivity contribution in [3.05, 3.63) is 41.5 Å². The molecule has 2 N–H and O–H groups in total. The first kappa shape index (κ1) is 14.5. The molecular weight excluding hydrogens is 304 g/mol. The lowest BCUT2D eigenvalue weighted by atomic mass is 9.95. The van der Waals surface area contributed by atoms with Crippen molar-refractivity contribution in [1.29, 1.82) is 0 Å². The van der Waals surface area contributed by atoms with E-state index in [1.807, 2.05) is 0 Å². The van der Waals surface area contributed by atoms with Crippen molar-refractivity contribution in [3.63, 3.8) is 0 Å². The Labute approximate surface area is 121 Å². The fraction of sp³-hybridized carbons (Fsp3) is 0.308. The van der Waals surface area contributed by atoms with Gasteiger partial charge in [0, 0.05) is 0 Å². The topological polar surface area (TPSA) is 70.7 Å². The van der Waals surface area contributed by atoms with Crippen LogP contribution in [0.1, 0.15) is 24.2 Å². The second kappa shape index (κ2) is 4.79. The van der Waals surface area contributed by atoms with Crippen LogP contribution in [0, 0.1) is 5.82 Å². The van der Waals surface area contributed by atoms with Crippen LogP contribution in [0.15, 0.2) is 24.3 Å². The molecule has 0 unspecified atom stereocenters. The maximum Gasteiger partial charge on any atom is 0.451 e. The Kier molecular flexibility index (Phi) is 3.15. The summed E-state index contributed by atoms with van der Waals surface area (Å²) in [6.45, 7) is 0. The van der Waals surface area contributed by atoms with E-state index in [-0.39, 0.29) is 0 Å². The average Bonchev–Trinajstić information content (AvgIpc) is 3.12. The van der Waals surface area contributed by atoms with E-state index in [0.29, 0.717) is 18.4 Å². The van der Waals surface area contributed by atoms with E-state index in [4.69, 9.17) is 0 Å². The molecule has 1 saturated carbocycles. The first-order valence-corrected chi connectivity index (χ1v) is 6.38. The van der Waals surface area contributed by atoms with E-state index in [1.165, 1.54) is 24.3 Å². The number of halogens is 4. The Hall–Kier alpha value is -2.45. The maximum atomic E-state index is 12.9. The van der Waals surface area contributed by atoms with E-state index in [9.17, 15) is 22.4 Å². The number of aromatic nitrogens is 3. The highest BCUT2D eigenvalue weighted by molar-refractivity contribution is 6.00. The predicted octanol–water partition coefficient (Wildman–Crippen LogP) is 2.63. The van der Waals surface area contributed by atoms with Gasteiger partial charge in [-0.3, -0.25) is 15.2 Å². The van der Waals surface area contributed by atoms with Gasteiger partial charge in [-0.2, -0.15) is 18.2 Å². The monoisotopic (exact) mass is 314 g/mol. The minimum Gasteiger partial charge on any atom is -0.292 e. The lowest BCUT2D eigenvalue weighted by Crippen LogP contribution is -2.28. The highest BCUT2D eigenvalue weighted by atomic mass is 19.4. The van der Waals surface area contributed by atoms with Crippen LogP contribution in [0.5, 0.6) is 0 Å². The molecule has 0 saturated heterocycles. The van der Waals surface area contributed by atoms with Crippen LogP contribution in [0.2, 0.25) is 0 Å². The van der Waals surface area contributed by atoms with Crippen LogP contribution in [0.4, 0.5) is 23.5 Å². The summed E-state index contributed by atoms with van der Waals surface area (Å²) >= 11 is 0. The highest BCUT2D eigenvalue weighted by Gasteiger charge is 2.51. The highest BCUT2D eigenvalue weighted by Crippen LogP contribution is 2.48. The zero-order valence-electron chi connectivity index (χ0n) is 11.0. The number of alkyl halides is 3. The molecule has 5 nitrogen and oxygen atoms in total. The van der Waals surface area contributed by atoms with Crippen molar-refractivity contribution in [2.24, 2.45) is 0 Å². The molecule has 1 aromatic carbocycles. The van der Waals surface area contributed by atoms with Crippen LogP contribution >= 0.6 is 0 Å². The molecule has 0 atom stereocenters. The number of amides is 1. The Morgan fingerprint density at radius 2 is 1.86 bits per heavy atom. The van der Waals surface area contributed by atoms with E-state index in [2.05, 4.69) is 15.4 Å². The number of H-pyrrole nitrogens is 1. The molecule has 116 valence electrons. The van der Waals surface area contributed by atoms with Gasteiger partial charge in [-0.15, -0.1) is 5.10 Å². The van der Waals surface area contributed by atoms with Crippen LogP contribution < -0.4 is 5.32 Å². The largest absolute Gasteiger partial charge is 0.451 e. The quantitative estimate of drug-likeness (QED) is 0.856. The standard InChI is InChI=1S/C13H10F4N4O/c14-8-3-1-7(2-4-8)12(5-6-12)10(22)19-11-18-9(20-21-11)13(15,16)17/h1-4H,5-6H2,(H2,18,19,20,21,22). The van der Waals surface area contributed by atoms with Gasteiger partial charge in [0.05, 0.1) is 5.41 Å². The van der Waals surface area contributed by atoms with Gasteiger partial charge in [0.2, 0.25) is 17.7 Å². The third-order valence-corrected chi connectivity index (χ3v) is 3.56. The molecule has 1 heterocycles. The molecule has 2 aromatic rings. The van der Waals surface area contributed by atoms with Crippen LogP contribution in [-0.2, 0) is 16.4 Å². The Morgan fingerprint density at radius 3 is 2.36 bits per heavy atom. The maximum absolute atomic E-state index is 12.9. The predicted molar refractivity (Wildman–Crippen MR) is 67.3 cm³/mol. The van der Waals surface area contributed by atoms with Gasteiger partial charge in [-0.05, 0) is 30.5 Å². The number of nitrogens with zero attached hydrogens (tertiary/aromatic N) is 2. The fourth-order valence-corrected chi connectivity index (χ4v) is 2.21. The molecular formula is C13H10F4N4O. The second-order valence-electron chi connectivity index (χ2n) is 5.05. The number of rotatable bonds is 3. The molecule has 1 fully saturated rings. The molecule has 9 heteroatoms. The van der Waals surface area contributed by atoms with E-state index >= 15 is 0 Å². The molecule has 1 amide bonds. The third kappa shape index (κ3) is 2.53. The van der Waals surface area contributed by atoms with Crippen LogP contribution in [-0.4, -0.2) is 21.1 Å². The Morgan fingerprint density at radius 1 is 1.23 bits per heavy atom. The molecule has 1 aliphatic rings. The summed E-state index contributed by atoms with van der Waals surface area (Å²) in [4.78, 5) is 15.4. The fourth-order valence-electron chi connectivity index (χ4n) is 2.21. The summed E-state index contributed by atoms with van der Waals surface area (Å²) in [6.07, 6.45) is -3.60. The van der Waals surface area contributed by atoms with Gasteiger partial charge in [-0.1, -0.05) is 12.1 Å². The molecule has 1 aromatic heterocycles. The summed E-state index contributed by atoms with van der Waals surface area (Å²) in [5.74, 6) is -2.66. The number of nitrogens with one attached hydrogen (secondary N) is 2. The lowest BCUT2D eigenvalue weighted by Gasteiger charge is -2.14. The number of benzene rings is 1. The normalized spacial score (nSPS) is 16.4. The third-order valence-electron chi connectivity index (χ3n) is 3.56. The van der Waals surface area contributed by atoms with E-state index in [1.54, 1.807) is 5.10 Å². The molecule has 0 aliphatic heterocycles. The lowest BCUT2D eigenvalue weighted by molar-refractivity contribution is -0.144. The molecule has 3 rings (SSSR count). The minimum absolute atomic E-state index is 0.427. The zero-order valence-corrected chi connectivity index (χ0v) is 11.0. The van der Waals surface area contributed by atoms with Crippen LogP contribution in [0.25, 0.3) is 0 Å². The smallest absolute Gasteiger partial charge is 0.292 e. The van der Waals surface area contributed by atoms with Crippen molar-refractivity contribution in [2.75, 3.05) is 5.32 Å². The average molecular weight is 314 g/mol. The van der Waals surface area contributed by atoms with Gasteiger partial charge in [0.25, 0.3) is 0 Å². The summed E-state index contributed by atoms with van der Waals surface area (Å²) in [5, 5.41) is 7.31. The molecule has 0 spiro atoms. The molecule has 0 bridgehead atoms. The van der Waals surface area contributed by atoms with Gasteiger partial charge in [0.15, 0.2) is 0 Å². The van der Waals surface area contributed by atoms with Crippen molar-refractivity contribution in [3.8, 4) is 0 Å². The summed E-state index contributed by atoms with van der Waals surface area (Å²) < 4.78 is 50.1. The van der Waals surface area contributed by atoms with Crippen LogP contribution in [0.3, 0.4) is 0 Å². The van der Waals surface area contributed by atoms with Crippen molar-refractivity contribution >= 4 is 11.9 Å². The first-order valence-electron chi connectivity index (χ1n) is 6.38. The Balaban J connectivity index is 1.77. The second-order valence-corrected chi connectivity index (χ2v) is 5.05. The van der Waals surface area contributed by atoms with E-state index < -0.39 is 35.1 Å². The number of carbonyl (C=O) groups excluding carboxylic acids is 1. The number of hydrogen-bond acceptors (Lipinski definition) is 3. The van der Waals surface area contributed by atoms with Crippen molar-refractivity contribution in [2.45, 2.75) is 24.4 Å². The van der Waals surface area contributed by atoms with E-state index in [0.717, 1.165) is 0 Å².